The Bertz CT molecular complexity index is 478. The maximum absolute atomic E-state index is 8.76. The molecule has 1 aromatic carbocycles. The van der Waals surface area contributed by atoms with Crippen molar-refractivity contribution in [3.63, 3.8) is 0 Å². The minimum absolute atomic E-state index is 0.0816. The molecule has 1 fully saturated rings. The first-order valence-corrected chi connectivity index (χ1v) is 6.91. The molecule has 0 radical (unpaired) electrons. The number of nitrogens with zero attached hydrogens (tertiary/aromatic N) is 1. The number of ether oxygens (including phenoxy) is 2. The van der Waals surface area contributed by atoms with E-state index in [1.807, 2.05) is 24.3 Å². The molecule has 0 aliphatic carbocycles. The van der Waals surface area contributed by atoms with Crippen molar-refractivity contribution in [3.8, 4) is 17.6 Å². The zero-order valence-corrected chi connectivity index (χ0v) is 11.8. The number of para-hydroxylation sites is 1. The molecule has 1 heterocycles. The minimum atomic E-state index is 0.0816. The van der Waals surface area contributed by atoms with Gasteiger partial charge in [0, 0.05) is 19.5 Å². The Labute approximate surface area is 120 Å². The van der Waals surface area contributed by atoms with Gasteiger partial charge in [0.1, 0.15) is 18.5 Å². The molecule has 1 saturated heterocycles. The summed E-state index contributed by atoms with van der Waals surface area (Å²) in [5.74, 6) is 6.71. The molecule has 1 aromatic rings. The van der Waals surface area contributed by atoms with Crippen LogP contribution in [0.4, 0.5) is 0 Å². The summed E-state index contributed by atoms with van der Waals surface area (Å²) in [7, 11) is 2.09. The zero-order chi connectivity index (χ0) is 14.2. The SMILES string of the molecule is CN1CCOC(COc2ccccc2C#CCCO)C1. The maximum atomic E-state index is 8.76. The largest absolute Gasteiger partial charge is 0.490 e. The summed E-state index contributed by atoms with van der Waals surface area (Å²) in [5, 5.41) is 8.76. The molecule has 2 rings (SSSR count). The Morgan fingerprint density at radius 3 is 3.10 bits per heavy atom. The highest BCUT2D eigenvalue weighted by molar-refractivity contribution is 5.45. The highest BCUT2D eigenvalue weighted by Crippen LogP contribution is 2.17. The lowest BCUT2D eigenvalue weighted by Gasteiger charge is -2.29. The summed E-state index contributed by atoms with van der Waals surface area (Å²) in [4.78, 5) is 2.24. The van der Waals surface area contributed by atoms with Crippen LogP contribution in [0.2, 0.25) is 0 Å². The Balaban J connectivity index is 1.94. The van der Waals surface area contributed by atoms with E-state index in [9.17, 15) is 0 Å². The average molecular weight is 275 g/mol. The molecular weight excluding hydrogens is 254 g/mol. The van der Waals surface area contributed by atoms with Gasteiger partial charge in [-0.1, -0.05) is 24.0 Å². The quantitative estimate of drug-likeness (QED) is 0.837. The van der Waals surface area contributed by atoms with Crippen LogP contribution >= 0.6 is 0 Å². The van der Waals surface area contributed by atoms with E-state index in [0.29, 0.717) is 13.0 Å². The van der Waals surface area contributed by atoms with Crippen LogP contribution in [0.25, 0.3) is 0 Å². The highest BCUT2D eigenvalue weighted by Gasteiger charge is 2.18. The van der Waals surface area contributed by atoms with Crippen LogP contribution in [0.1, 0.15) is 12.0 Å². The zero-order valence-electron chi connectivity index (χ0n) is 11.8. The number of hydrogen-bond donors (Lipinski definition) is 1. The summed E-state index contributed by atoms with van der Waals surface area (Å²) >= 11 is 0. The first-order chi connectivity index (χ1) is 9.79. The fourth-order valence-electron chi connectivity index (χ4n) is 2.06. The van der Waals surface area contributed by atoms with Gasteiger partial charge in [0.15, 0.2) is 0 Å². The molecular formula is C16H21NO3. The predicted octanol–water partition coefficient (Wildman–Crippen LogP) is 1.13. The summed E-state index contributed by atoms with van der Waals surface area (Å²) in [5.41, 5.74) is 0.852. The molecule has 4 nitrogen and oxygen atoms in total. The lowest BCUT2D eigenvalue weighted by molar-refractivity contribution is -0.0403. The van der Waals surface area contributed by atoms with Gasteiger partial charge in [-0.2, -0.15) is 0 Å². The van der Waals surface area contributed by atoms with E-state index in [1.165, 1.54) is 0 Å². The normalized spacial score (nSPS) is 19.2. The van der Waals surface area contributed by atoms with Crippen LogP contribution in [0.15, 0.2) is 24.3 Å². The van der Waals surface area contributed by atoms with Gasteiger partial charge in [-0.25, -0.2) is 0 Å². The first-order valence-electron chi connectivity index (χ1n) is 6.91. The van der Waals surface area contributed by atoms with Gasteiger partial charge in [-0.3, -0.25) is 0 Å². The number of aliphatic hydroxyl groups excluding tert-OH is 1. The topological polar surface area (TPSA) is 41.9 Å². The Morgan fingerprint density at radius 1 is 1.45 bits per heavy atom. The first kappa shape index (κ1) is 14.9. The standard InChI is InChI=1S/C16H21NO3/c1-17-9-11-19-15(12-17)13-20-16-8-3-2-6-14(16)7-4-5-10-18/h2-3,6,8,15,18H,5,9-13H2,1H3. The number of benzene rings is 1. The molecule has 1 aliphatic heterocycles. The third-order valence-corrected chi connectivity index (χ3v) is 3.11. The van der Waals surface area contributed by atoms with E-state index in [0.717, 1.165) is 31.0 Å². The van der Waals surface area contributed by atoms with Gasteiger partial charge in [-0.15, -0.1) is 0 Å². The van der Waals surface area contributed by atoms with Crippen LogP contribution in [-0.4, -0.2) is 56.1 Å². The van der Waals surface area contributed by atoms with Gasteiger partial charge < -0.3 is 19.5 Å². The van der Waals surface area contributed by atoms with Crippen LogP contribution < -0.4 is 4.74 Å². The molecule has 0 aromatic heterocycles. The fraction of sp³-hybridized carbons (Fsp3) is 0.500. The molecule has 1 atom stereocenters. The molecule has 1 aliphatic rings. The summed E-state index contributed by atoms with van der Waals surface area (Å²) in [6.45, 7) is 3.22. The lowest BCUT2D eigenvalue weighted by atomic mass is 10.2. The van der Waals surface area contributed by atoms with Crippen LogP contribution in [0.3, 0.4) is 0 Å². The number of likely N-dealkylation sites (N-methyl/N-ethyl adjacent to an activating group) is 1. The van der Waals surface area contributed by atoms with Crippen LogP contribution in [-0.2, 0) is 4.74 Å². The monoisotopic (exact) mass is 275 g/mol. The molecule has 1 N–H and O–H groups in total. The minimum Gasteiger partial charge on any atom is -0.490 e. The van der Waals surface area contributed by atoms with Crippen LogP contribution in [0.5, 0.6) is 5.75 Å². The van der Waals surface area contributed by atoms with E-state index >= 15 is 0 Å². The third-order valence-electron chi connectivity index (χ3n) is 3.11. The number of morpholine rings is 1. The predicted molar refractivity (Wildman–Crippen MR) is 77.8 cm³/mol. The summed E-state index contributed by atoms with van der Waals surface area (Å²) in [6.07, 6.45) is 0.581. The fourth-order valence-corrected chi connectivity index (χ4v) is 2.06. The highest BCUT2D eigenvalue weighted by atomic mass is 16.5. The van der Waals surface area contributed by atoms with Gasteiger partial charge in [0.2, 0.25) is 0 Å². The Morgan fingerprint density at radius 2 is 2.30 bits per heavy atom. The number of aliphatic hydroxyl groups is 1. The van der Waals surface area contributed by atoms with E-state index in [-0.39, 0.29) is 12.7 Å². The van der Waals surface area contributed by atoms with Gasteiger partial charge >= 0.3 is 0 Å². The van der Waals surface area contributed by atoms with Crippen molar-refractivity contribution in [2.45, 2.75) is 12.5 Å². The second-order valence-electron chi connectivity index (χ2n) is 4.84. The molecule has 0 bridgehead atoms. The second-order valence-corrected chi connectivity index (χ2v) is 4.84. The van der Waals surface area contributed by atoms with E-state index in [1.54, 1.807) is 0 Å². The molecule has 0 spiro atoms. The van der Waals surface area contributed by atoms with Crippen molar-refractivity contribution in [2.24, 2.45) is 0 Å². The van der Waals surface area contributed by atoms with Gasteiger partial charge in [-0.05, 0) is 19.2 Å². The Kier molecular flexibility index (Phi) is 5.87. The summed E-state index contributed by atoms with van der Waals surface area (Å²) in [6, 6.07) is 7.70. The van der Waals surface area contributed by atoms with Crippen LogP contribution in [0, 0.1) is 11.8 Å². The lowest BCUT2D eigenvalue weighted by Crippen LogP contribution is -2.42. The molecule has 0 amide bonds. The number of rotatable bonds is 4. The van der Waals surface area contributed by atoms with Crippen molar-refractivity contribution in [1.29, 1.82) is 0 Å². The molecule has 108 valence electrons. The Hall–Kier alpha value is -1.54. The van der Waals surface area contributed by atoms with Crippen molar-refractivity contribution in [3.05, 3.63) is 29.8 Å². The van der Waals surface area contributed by atoms with Gasteiger partial charge in [0.05, 0.1) is 18.8 Å². The van der Waals surface area contributed by atoms with Crippen molar-refractivity contribution in [2.75, 3.05) is 40.0 Å². The van der Waals surface area contributed by atoms with E-state index in [4.69, 9.17) is 14.6 Å². The van der Waals surface area contributed by atoms with Crippen molar-refractivity contribution >= 4 is 0 Å². The van der Waals surface area contributed by atoms with Crippen molar-refractivity contribution < 1.29 is 14.6 Å². The molecule has 4 heteroatoms. The van der Waals surface area contributed by atoms with E-state index in [2.05, 4.69) is 23.8 Å². The molecule has 0 saturated carbocycles. The smallest absolute Gasteiger partial charge is 0.135 e. The second kappa shape index (κ2) is 7.91. The van der Waals surface area contributed by atoms with E-state index < -0.39 is 0 Å². The summed E-state index contributed by atoms with van der Waals surface area (Å²) < 4.78 is 11.5. The average Bonchev–Trinajstić information content (AvgIpc) is 2.47. The maximum Gasteiger partial charge on any atom is 0.135 e. The van der Waals surface area contributed by atoms with Gasteiger partial charge in [0.25, 0.3) is 0 Å². The number of hydrogen-bond acceptors (Lipinski definition) is 4. The molecule has 1 unspecified atom stereocenters. The van der Waals surface area contributed by atoms with Crippen molar-refractivity contribution in [1.82, 2.24) is 4.90 Å². The third kappa shape index (κ3) is 4.53. The molecule has 20 heavy (non-hydrogen) atoms.